The van der Waals surface area contributed by atoms with Crippen LogP contribution >= 0.6 is 23.2 Å². The molecule has 0 aliphatic carbocycles. The summed E-state index contributed by atoms with van der Waals surface area (Å²) in [6, 6.07) is 11.4. The van der Waals surface area contributed by atoms with E-state index in [2.05, 4.69) is 15.0 Å². The Hall–Kier alpha value is -3.84. The third-order valence-electron chi connectivity index (χ3n) is 7.84. The second-order valence-electron chi connectivity index (χ2n) is 10.9. The number of hydrogen-bond donors (Lipinski definition) is 0. The number of amides is 2. The SMILES string of the molecule is CN(C)C(=O)[C@@H]1CCN1S(=O)(=O)c1cnc2n1[C@](C)(Cc1ccc(-c3cncnc3)cc1)C(=O)N2c1cc(Cl)cc(Cl)c1. The number of aromatic nitrogens is 4. The van der Waals surface area contributed by atoms with Crippen LogP contribution in [0.15, 0.2) is 72.4 Å². The van der Waals surface area contributed by atoms with Crippen LogP contribution in [0.3, 0.4) is 0 Å². The largest absolute Gasteiger partial charge is 0.347 e. The molecule has 0 radical (unpaired) electrons. The molecule has 0 saturated carbocycles. The van der Waals surface area contributed by atoms with E-state index >= 15 is 0 Å². The summed E-state index contributed by atoms with van der Waals surface area (Å²) in [6.45, 7) is 1.86. The highest BCUT2D eigenvalue weighted by Gasteiger charge is 2.54. The van der Waals surface area contributed by atoms with Gasteiger partial charge in [0.1, 0.15) is 17.9 Å². The zero-order chi connectivity index (χ0) is 30.7. The molecule has 4 heterocycles. The molecule has 4 aromatic rings. The Morgan fingerprint density at radius 3 is 2.26 bits per heavy atom. The quantitative estimate of drug-likeness (QED) is 0.298. The number of fused-ring (bicyclic) bond motifs is 1. The minimum absolute atomic E-state index is 0.110. The molecule has 14 heteroatoms. The molecule has 2 atom stereocenters. The third kappa shape index (κ3) is 4.88. The zero-order valence-electron chi connectivity index (χ0n) is 23.5. The van der Waals surface area contributed by atoms with Crippen molar-refractivity contribution >= 4 is 56.7 Å². The van der Waals surface area contributed by atoms with Crippen molar-refractivity contribution < 1.29 is 18.0 Å². The van der Waals surface area contributed by atoms with E-state index in [4.69, 9.17) is 23.2 Å². The van der Waals surface area contributed by atoms with Gasteiger partial charge in [-0.3, -0.25) is 14.2 Å². The average molecular weight is 641 g/mol. The lowest BCUT2D eigenvalue weighted by atomic mass is 9.91. The molecule has 222 valence electrons. The van der Waals surface area contributed by atoms with E-state index in [9.17, 15) is 18.0 Å². The maximum Gasteiger partial charge on any atom is 0.261 e. The van der Waals surface area contributed by atoms with Gasteiger partial charge >= 0.3 is 0 Å². The lowest BCUT2D eigenvalue weighted by Crippen LogP contribution is -2.58. The molecule has 2 aliphatic heterocycles. The van der Waals surface area contributed by atoms with Gasteiger partial charge in [-0.2, -0.15) is 4.31 Å². The highest BCUT2D eigenvalue weighted by molar-refractivity contribution is 7.89. The minimum atomic E-state index is -4.22. The molecule has 2 amide bonds. The number of likely N-dealkylation sites (N-methyl/N-ethyl adjacent to an activating group) is 1. The van der Waals surface area contributed by atoms with Gasteiger partial charge in [-0.15, -0.1) is 0 Å². The Morgan fingerprint density at radius 2 is 1.67 bits per heavy atom. The van der Waals surface area contributed by atoms with E-state index in [1.54, 1.807) is 51.6 Å². The highest BCUT2D eigenvalue weighted by atomic mass is 35.5. The zero-order valence-corrected chi connectivity index (χ0v) is 25.8. The molecule has 2 aliphatic rings. The summed E-state index contributed by atoms with van der Waals surface area (Å²) in [7, 11) is -1.05. The van der Waals surface area contributed by atoms with Crippen molar-refractivity contribution in [1.82, 2.24) is 28.7 Å². The van der Waals surface area contributed by atoms with Gasteiger partial charge in [0, 0.05) is 55.1 Å². The summed E-state index contributed by atoms with van der Waals surface area (Å²) >= 11 is 12.6. The summed E-state index contributed by atoms with van der Waals surface area (Å²) in [5, 5.41) is 0.435. The number of hydrogen-bond acceptors (Lipinski definition) is 7. The Bertz CT molecular complexity index is 1830. The van der Waals surface area contributed by atoms with Gasteiger partial charge in [0.05, 0.1) is 11.9 Å². The van der Waals surface area contributed by atoms with Crippen molar-refractivity contribution in [3.8, 4) is 11.1 Å². The van der Waals surface area contributed by atoms with Crippen LogP contribution in [-0.4, -0.2) is 75.6 Å². The van der Waals surface area contributed by atoms with Crippen LogP contribution in [0.5, 0.6) is 0 Å². The smallest absolute Gasteiger partial charge is 0.261 e. The molecule has 1 saturated heterocycles. The van der Waals surface area contributed by atoms with Crippen molar-refractivity contribution in [2.75, 3.05) is 25.5 Å². The maximum absolute atomic E-state index is 14.3. The second-order valence-corrected chi connectivity index (χ2v) is 13.6. The normalized spacial score (nSPS) is 20.2. The van der Waals surface area contributed by atoms with Crippen molar-refractivity contribution in [2.24, 2.45) is 0 Å². The first kappa shape index (κ1) is 29.2. The van der Waals surface area contributed by atoms with Crippen LogP contribution in [0, 0.1) is 0 Å². The maximum atomic E-state index is 14.3. The van der Waals surface area contributed by atoms with E-state index in [-0.39, 0.29) is 29.8 Å². The van der Waals surface area contributed by atoms with Crippen molar-refractivity contribution in [1.29, 1.82) is 0 Å². The molecule has 0 unspecified atom stereocenters. The summed E-state index contributed by atoms with van der Waals surface area (Å²) in [4.78, 5) is 42.4. The molecule has 1 fully saturated rings. The van der Waals surface area contributed by atoms with Crippen LogP contribution in [0.2, 0.25) is 10.0 Å². The number of carbonyl (C=O) groups is 2. The molecule has 0 N–H and O–H groups in total. The monoisotopic (exact) mass is 639 g/mol. The standard InChI is InChI=1S/C29H27Cl2N7O4S/c1-29(13-18-4-6-19(7-5-18)20-14-32-17-33-15-20)27(40)37(23-11-21(30)10-22(31)12-23)28-34-16-25(38(28)29)43(41,42)36-9-8-24(36)26(39)35(2)3/h4-7,10-12,14-17,24H,8-9,13H2,1-3H3/t24-,29+/m0/s1. The Labute approximate surface area is 258 Å². The van der Waals surface area contributed by atoms with Crippen LogP contribution in [0.25, 0.3) is 11.1 Å². The van der Waals surface area contributed by atoms with E-state index in [1.807, 2.05) is 24.3 Å². The summed E-state index contributed by atoms with van der Waals surface area (Å²) < 4.78 is 30.8. The molecular weight excluding hydrogens is 613 g/mol. The van der Waals surface area contributed by atoms with Gasteiger partial charge in [0.2, 0.25) is 11.9 Å². The minimum Gasteiger partial charge on any atom is -0.347 e. The van der Waals surface area contributed by atoms with Gasteiger partial charge in [-0.25, -0.2) is 28.3 Å². The van der Waals surface area contributed by atoms with Crippen LogP contribution in [-0.2, 0) is 31.6 Å². The molecule has 43 heavy (non-hydrogen) atoms. The molecule has 2 aromatic carbocycles. The summed E-state index contributed by atoms with van der Waals surface area (Å²) in [5.41, 5.74) is 1.46. The molecule has 6 rings (SSSR count). The Kier molecular flexibility index (Phi) is 7.28. The summed E-state index contributed by atoms with van der Waals surface area (Å²) in [5.74, 6) is -0.608. The number of anilines is 2. The van der Waals surface area contributed by atoms with E-state index in [0.29, 0.717) is 22.2 Å². The first-order valence-corrected chi connectivity index (χ1v) is 15.6. The number of nitrogens with zero attached hydrogens (tertiary/aromatic N) is 7. The first-order valence-electron chi connectivity index (χ1n) is 13.4. The Morgan fingerprint density at radius 1 is 1.02 bits per heavy atom. The fourth-order valence-corrected chi connectivity index (χ4v) is 7.92. The summed E-state index contributed by atoms with van der Waals surface area (Å²) in [6.07, 6.45) is 6.65. The van der Waals surface area contributed by atoms with Crippen molar-refractivity contribution in [3.05, 3.63) is 83.0 Å². The Balaban J connectivity index is 1.45. The number of halogens is 2. The third-order valence-corrected chi connectivity index (χ3v) is 10.1. The molecule has 11 nitrogen and oxygen atoms in total. The van der Waals surface area contributed by atoms with Gasteiger partial charge in [-0.05, 0) is 42.7 Å². The van der Waals surface area contributed by atoms with Gasteiger partial charge in [-0.1, -0.05) is 47.5 Å². The first-order chi connectivity index (χ1) is 20.4. The van der Waals surface area contributed by atoms with Gasteiger partial charge in [0.15, 0.2) is 5.03 Å². The van der Waals surface area contributed by atoms with E-state index in [0.717, 1.165) is 16.7 Å². The number of carbonyl (C=O) groups excluding carboxylic acids is 2. The number of rotatable bonds is 7. The molecule has 0 bridgehead atoms. The van der Waals surface area contributed by atoms with Crippen molar-refractivity contribution in [2.45, 2.75) is 36.4 Å². The second kappa shape index (κ2) is 10.7. The van der Waals surface area contributed by atoms with Crippen LogP contribution < -0.4 is 4.90 Å². The highest BCUT2D eigenvalue weighted by Crippen LogP contribution is 2.45. The van der Waals surface area contributed by atoms with Crippen LogP contribution in [0.1, 0.15) is 18.9 Å². The predicted octanol–water partition coefficient (Wildman–Crippen LogP) is 4.13. The molecular formula is C29H27Cl2N7O4S. The molecule has 2 aromatic heterocycles. The van der Waals surface area contributed by atoms with Gasteiger partial charge in [0.25, 0.3) is 15.9 Å². The lowest BCUT2D eigenvalue weighted by molar-refractivity contribution is -0.135. The number of imidazole rings is 1. The topological polar surface area (TPSA) is 122 Å². The fourth-order valence-electron chi connectivity index (χ4n) is 5.59. The fraction of sp³-hybridized carbons (Fsp3) is 0.276. The van der Waals surface area contributed by atoms with Gasteiger partial charge < -0.3 is 4.90 Å². The molecule has 0 spiro atoms. The van der Waals surface area contributed by atoms with Crippen molar-refractivity contribution in [3.63, 3.8) is 0 Å². The van der Waals surface area contributed by atoms with Crippen LogP contribution in [0.4, 0.5) is 11.6 Å². The number of benzene rings is 2. The predicted molar refractivity (Wildman–Crippen MR) is 162 cm³/mol. The van der Waals surface area contributed by atoms with E-state index in [1.165, 1.54) is 31.2 Å². The lowest BCUT2D eigenvalue weighted by Gasteiger charge is -2.39. The number of sulfonamides is 1. The van der Waals surface area contributed by atoms with E-state index < -0.39 is 27.5 Å². The average Bonchev–Trinajstić information content (AvgIpc) is 3.46.